The first kappa shape index (κ1) is 16.8. The first-order chi connectivity index (χ1) is 12.8. The van der Waals surface area contributed by atoms with Gasteiger partial charge in [-0.2, -0.15) is 0 Å². The lowest BCUT2D eigenvalue weighted by atomic mass is 10.1. The lowest BCUT2D eigenvalue weighted by Gasteiger charge is -2.23. The first-order valence-electron chi connectivity index (χ1n) is 8.88. The molecule has 3 aromatic rings. The lowest BCUT2D eigenvalue weighted by Crippen LogP contribution is -2.43. The molecule has 1 atom stereocenters. The molecular weight excluding hydrogens is 328 g/mol. The predicted octanol–water partition coefficient (Wildman–Crippen LogP) is 2.40. The number of para-hydroxylation sites is 2. The van der Waals surface area contributed by atoms with Crippen molar-refractivity contribution in [3.8, 4) is 0 Å². The van der Waals surface area contributed by atoms with E-state index >= 15 is 0 Å². The summed E-state index contributed by atoms with van der Waals surface area (Å²) in [5, 5.41) is 6.24. The summed E-state index contributed by atoms with van der Waals surface area (Å²) in [5.41, 5.74) is 4.09. The number of ether oxygens (including phenoxy) is 1. The van der Waals surface area contributed by atoms with Gasteiger partial charge in [0.2, 0.25) is 5.91 Å². The Balaban J connectivity index is 1.36. The molecule has 2 aromatic carbocycles. The number of hydrogen-bond donors (Lipinski definition) is 2. The highest BCUT2D eigenvalue weighted by Crippen LogP contribution is 2.16. The smallest absolute Gasteiger partial charge is 0.226 e. The number of amides is 1. The molecule has 26 heavy (non-hydrogen) atoms. The molecule has 6 nitrogen and oxygen atoms in total. The van der Waals surface area contributed by atoms with E-state index in [1.165, 1.54) is 0 Å². The Bertz CT molecular complexity index is 882. The number of carbonyl (C=O) groups excluding carboxylic acids is 1. The maximum absolute atomic E-state index is 12.1. The Morgan fingerprint density at radius 3 is 2.88 bits per heavy atom. The van der Waals surface area contributed by atoms with Gasteiger partial charge in [-0.05, 0) is 29.8 Å². The van der Waals surface area contributed by atoms with Crippen molar-refractivity contribution in [1.29, 1.82) is 0 Å². The molecule has 1 amide bonds. The molecule has 2 heterocycles. The zero-order valence-electron chi connectivity index (χ0n) is 14.5. The molecule has 0 bridgehead atoms. The Kier molecular flexibility index (Phi) is 4.95. The number of aromatic nitrogens is 2. The number of nitrogens with one attached hydrogen (secondary N) is 2. The molecule has 1 aliphatic heterocycles. The number of rotatable bonds is 5. The van der Waals surface area contributed by atoms with E-state index in [4.69, 9.17) is 4.74 Å². The maximum atomic E-state index is 12.1. The second-order valence-electron chi connectivity index (χ2n) is 6.54. The molecule has 6 heteroatoms. The molecule has 0 spiro atoms. The zero-order chi connectivity index (χ0) is 17.8. The average Bonchev–Trinajstić information content (AvgIpc) is 3.07. The number of nitrogens with zero attached hydrogens (tertiary/aromatic N) is 2. The third kappa shape index (κ3) is 3.92. The van der Waals surface area contributed by atoms with E-state index in [2.05, 4.69) is 26.3 Å². The summed E-state index contributed by atoms with van der Waals surface area (Å²) in [7, 11) is 0. The minimum absolute atomic E-state index is 0.00125. The van der Waals surface area contributed by atoms with Crippen LogP contribution in [0.25, 0.3) is 11.0 Å². The number of anilines is 1. The van der Waals surface area contributed by atoms with Crippen LogP contribution in [0.1, 0.15) is 12.0 Å². The predicted molar refractivity (Wildman–Crippen MR) is 101 cm³/mol. The number of benzene rings is 2. The second-order valence-corrected chi connectivity index (χ2v) is 6.54. The number of fused-ring (bicyclic) bond motifs is 1. The largest absolute Gasteiger partial charge is 0.378 e. The van der Waals surface area contributed by atoms with Gasteiger partial charge in [0.25, 0.3) is 0 Å². The van der Waals surface area contributed by atoms with E-state index in [0.29, 0.717) is 19.6 Å². The molecule has 1 unspecified atom stereocenters. The van der Waals surface area contributed by atoms with Crippen LogP contribution in [0.3, 0.4) is 0 Å². The van der Waals surface area contributed by atoms with E-state index in [-0.39, 0.29) is 11.9 Å². The fourth-order valence-corrected chi connectivity index (χ4v) is 3.21. The summed E-state index contributed by atoms with van der Waals surface area (Å²) >= 11 is 0. The third-order valence-corrected chi connectivity index (χ3v) is 4.55. The van der Waals surface area contributed by atoms with Crippen LogP contribution in [0.15, 0.2) is 54.9 Å². The summed E-state index contributed by atoms with van der Waals surface area (Å²) in [6.07, 6.45) is 2.28. The van der Waals surface area contributed by atoms with Crippen LogP contribution >= 0.6 is 0 Å². The Labute approximate surface area is 152 Å². The van der Waals surface area contributed by atoms with E-state index in [1.807, 2.05) is 48.8 Å². The monoisotopic (exact) mass is 350 g/mol. The second kappa shape index (κ2) is 7.68. The molecule has 0 radical (unpaired) electrons. The standard InChI is InChI=1S/C20H22N4O2/c25-20(11-17-13-26-10-9-21-17)23-16-7-5-15(6-8-16)12-24-14-22-18-3-1-2-4-19(18)24/h1-8,14,17,21H,9-13H2,(H,23,25). The van der Waals surface area contributed by atoms with Crippen LogP contribution < -0.4 is 10.6 Å². The Hall–Kier alpha value is -2.70. The van der Waals surface area contributed by atoms with Crippen molar-refractivity contribution in [3.05, 3.63) is 60.4 Å². The summed E-state index contributed by atoms with van der Waals surface area (Å²) in [6, 6.07) is 16.1. The van der Waals surface area contributed by atoms with Crippen LogP contribution in [0.2, 0.25) is 0 Å². The van der Waals surface area contributed by atoms with Gasteiger partial charge in [-0.15, -0.1) is 0 Å². The summed E-state index contributed by atoms with van der Waals surface area (Å²) in [6.45, 7) is 2.85. The first-order valence-corrected chi connectivity index (χ1v) is 8.88. The van der Waals surface area contributed by atoms with E-state index < -0.39 is 0 Å². The molecule has 2 N–H and O–H groups in total. The van der Waals surface area contributed by atoms with Gasteiger partial charge in [-0.3, -0.25) is 4.79 Å². The number of carbonyl (C=O) groups is 1. The molecule has 1 aromatic heterocycles. The maximum Gasteiger partial charge on any atom is 0.226 e. The number of morpholine rings is 1. The van der Waals surface area contributed by atoms with Crippen molar-refractivity contribution in [2.24, 2.45) is 0 Å². The molecule has 1 fully saturated rings. The van der Waals surface area contributed by atoms with Crippen molar-refractivity contribution in [2.45, 2.75) is 19.0 Å². The van der Waals surface area contributed by atoms with Crippen molar-refractivity contribution < 1.29 is 9.53 Å². The zero-order valence-corrected chi connectivity index (χ0v) is 14.5. The molecule has 1 saturated heterocycles. The van der Waals surface area contributed by atoms with Crippen LogP contribution in [0.5, 0.6) is 0 Å². The molecular formula is C20H22N4O2. The minimum Gasteiger partial charge on any atom is -0.378 e. The van der Waals surface area contributed by atoms with Crippen LogP contribution in [0, 0.1) is 0 Å². The molecule has 1 aliphatic rings. The van der Waals surface area contributed by atoms with Gasteiger partial charge in [0, 0.05) is 31.2 Å². The lowest BCUT2D eigenvalue weighted by molar-refractivity contribution is -0.117. The van der Waals surface area contributed by atoms with Crippen molar-refractivity contribution in [1.82, 2.24) is 14.9 Å². The molecule has 134 valence electrons. The molecule has 4 rings (SSSR count). The quantitative estimate of drug-likeness (QED) is 0.741. The van der Waals surface area contributed by atoms with Gasteiger partial charge in [0.1, 0.15) is 0 Å². The van der Waals surface area contributed by atoms with Crippen LogP contribution in [-0.2, 0) is 16.1 Å². The van der Waals surface area contributed by atoms with Gasteiger partial charge in [-0.1, -0.05) is 24.3 Å². The summed E-state index contributed by atoms with van der Waals surface area (Å²) in [5.74, 6) is 0.00125. The average molecular weight is 350 g/mol. The topological polar surface area (TPSA) is 68.2 Å². The highest BCUT2D eigenvalue weighted by Gasteiger charge is 2.16. The highest BCUT2D eigenvalue weighted by molar-refractivity contribution is 5.91. The van der Waals surface area contributed by atoms with E-state index in [1.54, 1.807) is 0 Å². The van der Waals surface area contributed by atoms with Gasteiger partial charge < -0.3 is 19.9 Å². The SMILES string of the molecule is O=C(CC1COCCN1)Nc1ccc(Cn2cnc3ccccc32)cc1. The summed E-state index contributed by atoms with van der Waals surface area (Å²) < 4.78 is 7.50. The third-order valence-electron chi connectivity index (χ3n) is 4.55. The van der Waals surface area contributed by atoms with E-state index in [9.17, 15) is 4.79 Å². The van der Waals surface area contributed by atoms with Gasteiger partial charge >= 0.3 is 0 Å². The number of hydrogen-bond acceptors (Lipinski definition) is 4. The van der Waals surface area contributed by atoms with Gasteiger partial charge in [0.05, 0.1) is 30.6 Å². The fourth-order valence-electron chi connectivity index (χ4n) is 3.21. The van der Waals surface area contributed by atoms with Crippen molar-refractivity contribution in [2.75, 3.05) is 25.1 Å². The fraction of sp³-hybridized carbons (Fsp3) is 0.300. The minimum atomic E-state index is 0.00125. The van der Waals surface area contributed by atoms with Crippen LogP contribution in [0.4, 0.5) is 5.69 Å². The van der Waals surface area contributed by atoms with Crippen LogP contribution in [-0.4, -0.2) is 41.3 Å². The van der Waals surface area contributed by atoms with Crippen molar-refractivity contribution in [3.63, 3.8) is 0 Å². The van der Waals surface area contributed by atoms with Crippen molar-refractivity contribution >= 4 is 22.6 Å². The van der Waals surface area contributed by atoms with E-state index in [0.717, 1.165) is 35.4 Å². The molecule has 0 saturated carbocycles. The van der Waals surface area contributed by atoms with Gasteiger partial charge in [0.15, 0.2) is 0 Å². The highest BCUT2D eigenvalue weighted by atomic mass is 16.5. The van der Waals surface area contributed by atoms with Gasteiger partial charge in [-0.25, -0.2) is 4.98 Å². The molecule has 0 aliphatic carbocycles. The number of imidazole rings is 1. The normalized spacial score (nSPS) is 17.3. The summed E-state index contributed by atoms with van der Waals surface area (Å²) in [4.78, 5) is 16.6. The Morgan fingerprint density at radius 2 is 2.08 bits per heavy atom. The Morgan fingerprint density at radius 1 is 1.23 bits per heavy atom.